The van der Waals surface area contributed by atoms with Gasteiger partial charge in [0.1, 0.15) is 60.3 Å². The van der Waals surface area contributed by atoms with Crippen LogP contribution in [0.3, 0.4) is 0 Å². The molecule has 0 aliphatic carbocycles. The summed E-state index contributed by atoms with van der Waals surface area (Å²) in [6.45, 7) is 6.61. The zero-order chi connectivity index (χ0) is 66.4. The quantitative estimate of drug-likeness (QED) is 0.0155. The molecule has 4 saturated heterocycles. The molecule has 15 atom stereocenters. The molecule has 0 spiro atoms. The Morgan fingerprint density at radius 2 is 1.36 bits per heavy atom. The number of nitrogens with zero attached hydrogens (tertiary/aromatic N) is 4. The van der Waals surface area contributed by atoms with Gasteiger partial charge in [0.25, 0.3) is 18.2 Å². The van der Waals surface area contributed by atoms with Crippen LogP contribution >= 0.6 is 12.3 Å². The van der Waals surface area contributed by atoms with E-state index < -0.39 is 182 Å². The number of primary amides is 1. The summed E-state index contributed by atoms with van der Waals surface area (Å²) in [4.78, 5) is 119. The first-order valence-electron chi connectivity index (χ1n) is 29.6. The number of piperazine rings is 1. The van der Waals surface area contributed by atoms with Crippen molar-refractivity contribution in [1.29, 1.82) is 0 Å². The van der Waals surface area contributed by atoms with Gasteiger partial charge in [-0.05, 0) is 79.6 Å². The number of aromatic hydroxyl groups is 1. The summed E-state index contributed by atoms with van der Waals surface area (Å²) in [6, 6.07) is 4.29. The van der Waals surface area contributed by atoms with Gasteiger partial charge in [-0.15, -0.1) is 4.33 Å². The molecule has 0 saturated carbocycles. The Morgan fingerprint density at radius 3 is 1.97 bits per heavy atom. The van der Waals surface area contributed by atoms with Gasteiger partial charge in [0.15, 0.2) is 17.7 Å². The van der Waals surface area contributed by atoms with Gasteiger partial charge < -0.3 is 112 Å². The number of unbranched alkanes of at least 4 members (excludes halogenated alkanes) is 3. The summed E-state index contributed by atoms with van der Waals surface area (Å²) in [5.74, 6) is -11.8. The molecule has 3 aromatic carbocycles. The minimum Gasteiger partial charge on any atom is -0.691 e. The van der Waals surface area contributed by atoms with Crippen LogP contribution in [0.15, 0.2) is 66.7 Å². The fraction of sp³-hybridized carbons (Fsp3) is 0.552. The number of fused-ring (bicyclic) bond motifs is 2. The van der Waals surface area contributed by atoms with E-state index in [1.54, 1.807) is 12.1 Å². The second kappa shape index (κ2) is 34.5. The molecule has 4 heterocycles. The van der Waals surface area contributed by atoms with Crippen molar-refractivity contribution < 1.29 is 137 Å². The van der Waals surface area contributed by atoms with E-state index in [1.165, 1.54) is 19.1 Å². The molecule has 0 radical (unpaired) electrons. The molecule has 3 aromatic rings. The van der Waals surface area contributed by atoms with Gasteiger partial charge in [-0.2, -0.15) is 0 Å². The van der Waals surface area contributed by atoms with Gasteiger partial charge in [-0.3, -0.25) is 43.4 Å². The van der Waals surface area contributed by atoms with Crippen LogP contribution in [-0.4, -0.2) is 228 Å². The number of aliphatic hydroxyl groups is 8. The van der Waals surface area contributed by atoms with Crippen molar-refractivity contribution >= 4 is 71.0 Å². The molecule has 500 valence electrons. The summed E-state index contributed by atoms with van der Waals surface area (Å²) in [5, 5.41) is 126. The van der Waals surface area contributed by atoms with Crippen LogP contribution in [0.5, 0.6) is 17.2 Å². The Bertz CT molecular complexity index is 3010. The monoisotopic (exact) mass is 1320 g/mol. The number of phenols is 1. The summed E-state index contributed by atoms with van der Waals surface area (Å²) in [6.07, 6.45) is -15.2. The second-order valence-electron chi connectivity index (χ2n) is 22.9. The van der Waals surface area contributed by atoms with E-state index in [0.29, 0.717) is 42.6 Å². The fourth-order valence-electron chi connectivity index (χ4n) is 11.2. The average Bonchev–Trinajstić information content (AvgIpc) is 1.61. The number of ether oxygens (including phenoxy) is 1. The SMILES string of the molecule is CCCCCCOc1ccc(N2CCN(c3ccc(C(=O)NC4CC(O)C(O)NC(=O)C5C(O)C(C)CN5C(=O)C(C(O)CC(N)=O)NC(=O)C(C(O)C(O)c5ccc(O)c(OSOO[O-])c5)NC(=O)C5CC(O)CN5C(=O)C(C(C)O)NC4=O)cc3)CC2)cc1.[Na+]. The maximum atomic E-state index is 14.7. The minimum atomic E-state index is -2.56. The Kier molecular flexibility index (Phi) is 27.9. The Morgan fingerprint density at radius 1 is 0.750 bits per heavy atom. The van der Waals surface area contributed by atoms with Crippen molar-refractivity contribution in [1.82, 2.24) is 36.4 Å². The third-order valence-corrected chi connectivity index (χ3v) is 16.7. The number of phenolic OH excluding ortho intramolecular Hbond substituents is 1. The van der Waals surface area contributed by atoms with Crippen LogP contribution in [0.25, 0.3) is 0 Å². The maximum absolute atomic E-state index is 14.7. The topological polar surface area (TPSA) is 478 Å². The molecule has 8 amide bonds. The standard InChI is InChI=1S/C58H80N10O22S.Na/c1-4-5-6-7-22-87-36-15-13-34(14-16-36)66-20-18-65(19-21-66)33-11-8-31(9-12-33)51(78)60-37-25-41(73)54(81)64-56(83)47-48(75)29(2)27-68(47)58(85)45(40(72)26-43(59)74)62-55(82)46(50(77)49(76)32-10-17-39(71)42(23-32)88-91-90-89-86)63-53(80)38-24-35(70)28-67(38)57(84)44(30(3)69)61-52(37)79;/h8-17,23,29-30,35,37-38,40-41,44-50,54,69-73,75-77,81,86H,4-7,18-22,24-28H2,1-3H3,(H2,59,74)(H,60,78)(H,61,79)(H,62,82)(H,63,80)(H,64,83);/q;+1/p-1. The molecule has 7 rings (SSSR count). The van der Waals surface area contributed by atoms with Gasteiger partial charge in [0.05, 0.1) is 37.4 Å². The number of benzene rings is 3. The maximum Gasteiger partial charge on any atom is 1.00 e. The van der Waals surface area contributed by atoms with E-state index >= 15 is 0 Å². The van der Waals surface area contributed by atoms with Crippen molar-refractivity contribution in [3.05, 3.63) is 77.9 Å². The normalized spacial score (nSPS) is 26.7. The first kappa shape index (κ1) is 74.4. The van der Waals surface area contributed by atoms with Crippen molar-refractivity contribution in [2.45, 2.75) is 151 Å². The molecule has 4 aliphatic heterocycles. The molecule has 0 bridgehead atoms. The first-order valence-corrected chi connectivity index (χ1v) is 30.3. The number of aliphatic hydroxyl groups excluding tert-OH is 8. The summed E-state index contributed by atoms with van der Waals surface area (Å²) in [7, 11) is 0. The van der Waals surface area contributed by atoms with E-state index in [4.69, 9.17) is 14.7 Å². The van der Waals surface area contributed by atoms with Crippen LogP contribution in [0.4, 0.5) is 11.4 Å². The van der Waals surface area contributed by atoms with Gasteiger partial charge in [-0.1, -0.05) is 39.2 Å². The van der Waals surface area contributed by atoms with Crippen molar-refractivity contribution in [3.63, 3.8) is 0 Å². The zero-order valence-corrected chi connectivity index (χ0v) is 53.8. The number of amides is 8. The largest absolute Gasteiger partial charge is 1.00 e. The number of carbonyl (C=O) groups is 8. The van der Waals surface area contributed by atoms with Gasteiger partial charge in [0.2, 0.25) is 41.4 Å². The molecule has 34 heteroatoms. The van der Waals surface area contributed by atoms with Crippen LogP contribution in [0, 0.1) is 5.92 Å². The second-order valence-corrected chi connectivity index (χ2v) is 23.3. The number of hydrogen-bond acceptors (Lipinski definition) is 25. The van der Waals surface area contributed by atoms with Crippen molar-refractivity contribution in [3.8, 4) is 17.2 Å². The van der Waals surface area contributed by atoms with Crippen LogP contribution in [-0.2, 0) is 42.9 Å². The van der Waals surface area contributed by atoms with Crippen LogP contribution in [0.2, 0.25) is 0 Å². The van der Waals surface area contributed by atoms with Gasteiger partial charge >= 0.3 is 29.6 Å². The third-order valence-electron chi connectivity index (χ3n) is 16.3. The van der Waals surface area contributed by atoms with E-state index in [1.807, 2.05) is 24.3 Å². The molecule has 15 unspecified atom stereocenters. The van der Waals surface area contributed by atoms with E-state index in [0.717, 1.165) is 67.9 Å². The molecular weight excluding hydrogens is 1240 g/mol. The number of carbonyl (C=O) groups excluding carboxylic acids is 8. The Hall–Kier alpha value is -6.67. The van der Waals surface area contributed by atoms with E-state index in [2.05, 4.69) is 52.7 Å². The van der Waals surface area contributed by atoms with E-state index in [9.17, 15) is 89.6 Å². The minimum absolute atomic E-state index is 0. The Labute approximate surface area is 555 Å². The average molecular weight is 1320 g/mol. The molecule has 32 nitrogen and oxygen atoms in total. The number of rotatable bonds is 21. The van der Waals surface area contributed by atoms with Crippen molar-refractivity contribution in [2.24, 2.45) is 11.7 Å². The van der Waals surface area contributed by atoms with Gasteiger partial charge in [-0.25, -0.2) is 0 Å². The summed E-state index contributed by atoms with van der Waals surface area (Å²) >= 11 is -0.0937. The van der Waals surface area contributed by atoms with E-state index in [-0.39, 0.29) is 53.0 Å². The predicted molar refractivity (Wildman–Crippen MR) is 317 cm³/mol. The number of nitrogens with one attached hydrogen (secondary N) is 5. The Balaban J connectivity index is 0.0000134. The van der Waals surface area contributed by atoms with Crippen LogP contribution in [0.1, 0.15) is 87.7 Å². The molecule has 92 heavy (non-hydrogen) atoms. The molecule has 16 N–H and O–H groups in total. The number of anilines is 2. The summed E-state index contributed by atoms with van der Waals surface area (Å²) < 4.78 is 14.9. The van der Waals surface area contributed by atoms with Gasteiger partial charge in [0, 0.05) is 75.0 Å². The first-order chi connectivity index (χ1) is 43.3. The molecule has 4 aliphatic rings. The fourth-order valence-corrected chi connectivity index (χ4v) is 11.5. The number of nitrogens with two attached hydrogens (primary N) is 1. The summed E-state index contributed by atoms with van der Waals surface area (Å²) in [5.41, 5.74) is 6.78. The number of hydrogen-bond donors (Lipinski definition) is 15. The van der Waals surface area contributed by atoms with Crippen molar-refractivity contribution in [2.75, 3.05) is 55.7 Å². The zero-order valence-electron chi connectivity index (χ0n) is 51.0. The predicted octanol–water partition coefficient (Wildman–Crippen LogP) is -7.52. The molecule has 4 fully saturated rings. The molecule has 0 aromatic heterocycles. The third kappa shape index (κ3) is 19.0. The smallest absolute Gasteiger partial charge is 0.691 e. The molecular formula is C58H79N10NaO22S. The van der Waals surface area contributed by atoms with Crippen LogP contribution < -0.4 is 85.9 Å².